The zero-order valence-corrected chi connectivity index (χ0v) is 14.9. The maximum Gasteiger partial charge on any atom is 0.337 e. The number of benzene rings is 1. The molecule has 0 spiro atoms. The van der Waals surface area contributed by atoms with Crippen LogP contribution in [0.2, 0.25) is 0 Å². The van der Waals surface area contributed by atoms with Crippen molar-refractivity contribution < 1.29 is 18.7 Å². The van der Waals surface area contributed by atoms with Crippen molar-refractivity contribution >= 4 is 23.5 Å². The molecule has 0 aliphatic rings. The van der Waals surface area contributed by atoms with Crippen LogP contribution in [-0.2, 0) is 11.3 Å². The maximum absolute atomic E-state index is 12.3. The SMILES string of the molecule is COC(=O)c1cccc(Nc2nc(C)cc(C(=O)NCc3ccco3)n2)c1. The molecule has 1 aromatic carbocycles. The van der Waals surface area contributed by atoms with E-state index >= 15 is 0 Å². The van der Waals surface area contributed by atoms with E-state index in [2.05, 4.69) is 20.6 Å². The quantitative estimate of drug-likeness (QED) is 0.646. The molecule has 0 unspecified atom stereocenters. The first-order chi connectivity index (χ1) is 13.0. The highest BCUT2D eigenvalue weighted by Gasteiger charge is 2.12. The van der Waals surface area contributed by atoms with Crippen molar-refractivity contribution in [1.29, 1.82) is 0 Å². The van der Waals surface area contributed by atoms with Crippen LogP contribution in [-0.4, -0.2) is 29.0 Å². The molecule has 0 bridgehead atoms. The minimum atomic E-state index is -0.443. The number of methoxy groups -OCH3 is 1. The van der Waals surface area contributed by atoms with Gasteiger partial charge in [0.1, 0.15) is 11.5 Å². The molecule has 8 nitrogen and oxygen atoms in total. The standard InChI is InChI=1S/C19H18N4O4/c1-12-9-16(17(24)20-11-15-7-4-8-27-15)23-19(21-12)22-14-6-3-5-13(10-14)18(25)26-2/h3-10H,11H2,1-2H3,(H,20,24)(H,21,22,23). The smallest absolute Gasteiger partial charge is 0.337 e. The molecule has 138 valence electrons. The summed E-state index contributed by atoms with van der Waals surface area (Å²) in [6, 6.07) is 11.8. The Hall–Kier alpha value is -3.68. The second kappa shape index (κ2) is 8.13. The van der Waals surface area contributed by atoms with E-state index in [0.717, 1.165) is 0 Å². The lowest BCUT2D eigenvalue weighted by Crippen LogP contribution is -2.24. The number of amides is 1. The van der Waals surface area contributed by atoms with Crippen LogP contribution >= 0.6 is 0 Å². The van der Waals surface area contributed by atoms with E-state index in [1.807, 2.05) is 0 Å². The van der Waals surface area contributed by atoms with Crippen LogP contribution in [0.5, 0.6) is 0 Å². The number of anilines is 2. The van der Waals surface area contributed by atoms with Gasteiger partial charge in [0.15, 0.2) is 0 Å². The Bertz CT molecular complexity index is 954. The lowest BCUT2D eigenvalue weighted by Gasteiger charge is -2.09. The number of rotatable bonds is 6. The van der Waals surface area contributed by atoms with Crippen LogP contribution in [0.15, 0.2) is 53.1 Å². The maximum atomic E-state index is 12.3. The molecule has 0 radical (unpaired) electrons. The van der Waals surface area contributed by atoms with Crippen LogP contribution in [0.4, 0.5) is 11.6 Å². The highest BCUT2D eigenvalue weighted by Crippen LogP contribution is 2.16. The van der Waals surface area contributed by atoms with Crippen LogP contribution in [0.25, 0.3) is 0 Å². The number of nitrogens with zero attached hydrogens (tertiary/aromatic N) is 2. The molecule has 0 atom stereocenters. The third-order valence-corrected chi connectivity index (χ3v) is 3.63. The van der Waals surface area contributed by atoms with Gasteiger partial charge in [-0.15, -0.1) is 0 Å². The van der Waals surface area contributed by atoms with Gasteiger partial charge in [0.25, 0.3) is 5.91 Å². The minimum absolute atomic E-state index is 0.223. The molecular formula is C19H18N4O4. The molecule has 2 N–H and O–H groups in total. The summed E-state index contributed by atoms with van der Waals surface area (Å²) in [5, 5.41) is 5.74. The highest BCUT2D eigenvalue weighted by atomic mass is 16.5. The van der Waals surface area contributed by atoms with E-state index in [-0.39, 0.29) is 24.1 Å². The predicted molar refractivity (Wildman–Crippen MR) is 97.7 cm³/mol. The van der Waals surface area contributed by atoms with Gasteiger partial charge in [-0.05, 0) is 43.3 Å². The van der Waals surface area contributed by atoms with Crippen LogP contribution < -0.4 is 10.6 Å². The van der Waals surface area contributed by atoms with Crippen LogP contribution in [0.1, 0.15) is 32.3 Å². The van der Waals surface area contributed by atoms with Gasteiger partial charge in [-0.3, -0.25) is 4.79 Å². The van der Waals surface area contributed by atoms with Crippen molar-refractivity contribution in [3.05, 3.63) is 71.4 Å². The Morgan fingerprint density at radius 3 is 2.74 bits per heavy atom. The van der Waals surface area contributed by atoms with E-state index in [0.29, 0.717) is 22.7 Å². The van der Waals surface area contributed by atoms with Gasteiger partial charge in [-0.1, -0.05) is 6.07 Å². The van der Waals surface area contributed by atoms with E-state index in [1.165, 1.54) is 7.11 Å². The molecule has 2 aromatic heterocycles. The van der Waals surface area contributed by atoms with E-state index < -0.39 is 5.97 Å². The lowest BCUT2D eigenvalue weighted by molar-refractivity contribution is 0.0600. The van der Waals surface area contributed by atoms with Crippen LogP contribution in [0, 0.1) is 6.92 Å². The first kappa shape index (κ1) is 18.1. The summed E-state index contributed by atoms with van der Waals surface area (Å²) < 4.78 is 9.90. The molecular weight excluding hydrogens is 348 g/mol. The summed E-state index contributed by atoms with van der Waals surface area (Å²) in [6.07, 6.45) is 1.54. The van der Waals surface area contributed by atoms with Gasteiger partial charge < -0.3 is 19.8 Å². The summed E-state index contributed by atoms with van der Waals surface area (Å²) in [5.41, 5.74) is 1.84. The van der Waals surface area contributed by atoms with Gasteiger partial charge in [-0.25, -0.2) is 14.8 Å². The van der Waals surface area contributed by atoms with Crippen molar-refractivity contribution in [3.63, 3.8) is 0 Å². The third-order valence-electron chi connectivity index (χ3n) is 3.63. The zero-order chi connectivity index (χ0) is 19.2. The topological polar surface area (TPSA) is 106 Å². The van der Waals surface area contributed by atoms with Gasteiger partial charge in [0.05, 0.1) is 25.5 Å². The second-order valence-corrected chi connectivity index (χ2v) is 5.68. The Kier molecular flexibility index (Phi) is 5.46. The molecule has 1 amide bonds. The molecule has 0 fully saturated rings. The fraction of sp³-hybridized carbons (Fsp3) is 0.158. The number of carbonyl (C=O) groups is 2. The molecule has 2 heterocycles. The summed E-state index contributed by atoms with van der Waals surface area (Å²) in [5.74, 6) is 0.109. The summed E-state index contributed by atoms with van der Waals surface area (Å²) in [7, 11) is 1.32. The number of aromatic nitrogens is 2. The first-order valence-corrected chi connectivity index (χ1v) is 8.17. The monoisotopic (exact) mass is 366 g/mol. The van der Waals surface area contributed by atoms with Gasteiger partial charge in [-0.2, -0.15) is 0 Å². The molecule has 8 heteroatoms. The van der Waals surface area contributed by atoms with E-state index in [1.54, 1.807) is 55.7 Å². The summed E-state index contributed by atoms with van der Waals surface area (Å²) in [4.78, 5) is 32.5. The summed E-state index contributed by atoms with van der Waals surface area (Å²) >= 11 is 0. The molecule has 3 rings (SSSR count). The number of nitrogens with one attached hydrogen (secondary N) is 2. The first-order valence-electron chi connectivity index (χ1n) is 8.17. The number of carbonyl (C=O) groups excluding carboxylic acids is 2. The molecule has 0 saturated carbocycles. The fourth-order valence-corrected chi connectivity index (χ4v) is 2.38. The Morgan fingerprint density at radius 1 is 1.15 bits per heavy atom. The molecule has 3 aromatic rings. The Labute approximate surface area is 155 Å². The predicted octanol–water partition coefficient (Wildman–Crippen LogP) is 2.84. The number of furan rings is 1. The number of aryl methyl sites for hydroxylation is 1. The average Bonchev–Trinajstić information content (AvgIpc) is 3.18. The zero-order valence-electron chi connectivity index (χ0n) is 14.9. The highest BCUT2D eigenvalue weighted by molar-refractivity contribution is 5.93. The van der Waals surface area contributed by atoms with Gasteiger partial charge in [0.2, 0.25) is 5.95 Å². The van der Waals surface area contributed by atoms with Gasteiger partial charge >= 0.3 is 5.97 Å². The third kappa shape index (κ3) is 4.69. The number of hydrogen-bond acceptors (Lipinski definition) is 7. The largest absolute Gasteiger partial charge is 0.467 e. The molecule has 0 aliphatic heterocycles. The van der Waals surface area contributed by atoms with Crippen molar-refractivity contribution in [2.24, 2.45) is 0 Å². The van der Waals surface area contributed by atoms with Crippen molar-refractivity contribution in [2.45, 2.75) is 13.5 Å². The molecule has 0 aliphatic carbocycles. The molecule has 27 heavy (non-hydrogen) atoms. The van der Waals surface area contributed by atoms with Crippen molar-refractivity contribution in [2.75, 3.05) is 12.4 Å². The number of hydrogen-bond donors (Lipinski definition) is 2. The number of ether oxygens (including phenoxy) is 1. The second-order valence-electron chi connectivity index (χ2n) is 5.68. The van der Waals surface area contributed by atoms with Crippen LogP contribution in [0.3, 0.4) is 0 Å². The minimum Gasteiger partial charge on any atom is -0.467 e. The van der Waals surface area contributed by atoms with Crippen molar-refractivity contribution in [3.8, 4) is 0 Å². The number of esters is 1. The fourth-order valence-electron chi connectivity index (χ4n) is 2.38. The van der Waals surface area contributed by atoms with E-state index in [4.69, 9.17) is 9.15 Å². The Balaban J connectivity index is 1.75. The normalized spacial score (nSPS) is 10.3. The van der Waals surface area contributed by atoms with Gasteiger partial charge in [0, 0.05) is 11.4 Å². The van der Waals surface area contributed by atoms with Crippen molar-refractivity contribution in [1.82, 2.24) is 15.3 Å². The Morgan fingerprint density at radius 2 is 2.00 bits per heavy atom. The van der Waals surface area contributed by atoms with E-state index in [9.17, 15) is 9.59 Å². The molecule has 0 saturated heterocycles. The lowest BCUT2D eigenvalue weighted by atomic mass is 10.2. The summed E-state index contributed by atoms with van der Waals surface area (Å²) in [6.45, 7) is 2.03. The average molecular weight is 366 g/mol.